The zero-order valence-corrected chi connectivity index (χ0v) is 15.2. The maximum Gasteiger partial charge on any atom is 0.258 e. The van der Waals surface area contributed by atoms with Crippen molar-refractivity contribution in [2.45, 2.75) is 19.6 Å². The second-order valence-corrected chi connectivity index (χ2v) is 6.28. The van der Waals surface area contributed by atoms with E-state index in [1.807, 2.05) is 0 Å². The van der Waals surface area contributed by atoms with Gasteiger partial charge in [-0.05, 0) is 23.8 Å². The largest absolute Gasteiger partial charge is 0.383 e. The van der Waals surface area contributed by atoms with E-state index in [-0.39, 0.29) is 23.7 Å². The molecular weight excluding hydrogens is 365 g/mol. The van der Waals surface area contributed by atoms with E-state index in [9.17, 15) is 9.18 Å². The first kappa shape index (κ1) is 18.7. The van der Waals surface area contributed by atoms with Crippen molar-refractivity contribution < 1.29 is 18.7 Å². The van der Waals surface area contributed by atoms with Gasteiger partial charge in [0, 0.05) is 13.7 Å². The zero-order chi connectivity index (χ0) is 18.7. The molecule has 1 fully saturated rings. The average molecular weight is 384 g/mol. The molecule has 0 N–H and O–H groups in total. The lowest BCUT2D eigenvalue weighted by molar-refractivity contribution is -0.0271. The lowest BCUT2D eigenvalue weighted by Gasteiger charge is -2.31. The van der Waals surface area contributed by atoms with Crippen molar-refractivity contribution in [1.82, 2.24) is 25.1 Å². The molecule has 1 aromatic carbocycles. The van der Waals surface area contributed by atoms with Crippen LogP contribution in [0.2, 0.25) is 5.02 Å². The van der Waals surface area contributed by atoms with Crippen molar-refractivity contribution in [1.29, 1.82) is 0 Å². The molecule has 1 atom stereocenters. The highest BCUT2D eigenvalue weighted by molar-refractivity contribution is 6.34. The number of methoxy groups -OCH3 is 1. The summed E-state index contributed by atoms with van der Waals surface area (Å²) in [6.07, 6.45) is -0.532. The minimum atomic E-state index is -0.641. The van der Waals surface area contributed by atoms with Gasteiger partial charge in [0.25, 0.3) is 5.91 Å². The molecule has 0 bridgehead atoms. The van der Waals surface area contributed by atoms with Crippen molar-refractivity contribution >= 4 is 17.5 Å². The number of aromatic nitrogens is 4. The Morgan fingerprint density at radius 3 is 3.08 bits per heavy atom. The normalized spacial score (nSPS) is 17.5. The highest BCUT2D eigenvalue weighted by atomic mass is 35.5. The maximum atomic E-state index is 14.2. The molecule has 26 heavy (non-hydrogen) atoms. The summed E-state index contributed by atoms with van der Waals surface area (Å²) in [6, 6.07) is 2.79. The Kier molecular flexibility index (Phi) is 5.80. The number of morpholine rings is 1. The summed E-state index contributed by atoms with van der Waals surface area (Å²) in [5.41, 5.74) is 0.521. The van der Waals surface area contributed by atoms with Gasteiger partial charge in [0.1, 0.15) is 11.9 Å². The van der Waals surface area contributed by atoms with Crippen LogP contribution in [0.1, 0.15) is 27.8 Å². The number of amides is 1. The van der Waals surface area contributed by atoms with Crippen molar-refractivity contribution in [3.8, 4) is 0 Å². The number of nitrogens with zero attached hydrogens (tertiary/aromatic N) is 5. The second-order valence-electron chi connectivity index (χ2n) is 5.90. The molecule has 1 aliphatic heterocycles. The molecule has 2 heterocycles. The van der Waals surface area contributed by atoms with Crippen LogP contribution in [0, 0.1) is 12.7 Å². The van der Waals surface area contributed by atoms with E-state index in [0.29, 0.717) is 31.1 Å². The quantitative estimate of drug-likeness (QED) is 0.780. The highest BCUT2D eigenvalue weighted by Gasteiger charge is 2.31. The summed E-state index contributed by atoms with van der Waals surface area (Å²) in [6.45, 7) is 3.45. The molecule has 0 radical (unpaired) electrons. The molecule has 1 amide bonds. The van der Waals surface area contributed by atoms with Gasteiger partial charge in [-0.15, -0.1) is 10.2 Å². The fraction of sp³-hybridized carbons (Fsp3) is 0.500. The number of ether oxygens (including phenoxy) is 2. The number of halogens is 2. The van der Waals surface area contributed by atoms with E-state index < -0.39 is 17.8 Å². The molecule has 0 spiro atoms. The first-order valence-electron chi connectivity index (χ1n) is 8.13. The number of aryl methyl sites for hydroxylation is 1. The molecule has 2 aromatic rings. The standard InChI is InChI=1S/C16H19ClFN5O3/c1-10-3-4-11(18)13(14(10)17)16(24)22-5-8-26-12(9-22)15-19-21-23(20-15)6-7-25-2/h3-4,12H,5-9H2,1-2H3. The lowest BCUT2D eigenvalue weighted by Crippen LogP contribution is -2.43. The van der Waals surface area contributed by atoms with E-state index in [1.165, 1.54) is 15.8 Å². The van der Waals surface area contributed by atoms with Crippen LogP contribution in [0.3, 0.4) is 0 Å². The first-order valence-corrected chi connectivity index (χ1v) is 8.51. The van der Waals surface area contributed by atoms with E-state index >= 15 is 0 Å². The van der Waals surface area contributed by atoms with Crippen LogP contribution in [0.5, 0.6) is 0 Å². The minimum Gasteiger partial charge on any atom is -0.383 e. The summed E-state index contributed by atoms with van der Waals surface area (Å²) in [5.74, 6) is -0.747. The molecule has 10 heteroatoms. The maximum absolute atomic E-state index is 14.2. The third kappa shape index (κ3) is 3.84. The monoisotopic (exact) mass is 383 g/mol. The van der Waals surface area contributed by atoms with E-state index in [2.05, 4.69) is 15.4 Å². The van der Waals surface area contributed by atoms with Gasteiger partial charge in [-0.1, -0.05) is 17.7 Å². The Morgan fingerprint density at radius 2 is 2.31 bits per heavy atom. The Labute approximate surface area is 154 Å². The van der Waals surface area contributed by atoms with Crippen LogP contribution in [0.15, 0.2) is 12.1 Å². The van der Waals surface area contributed by atoms with Crippen LogP contribution in [-0.4, -0.2) is 64.4 Å². The molecule has 0 saturated carbocycles. The Morgan fingerprint density at radius 1 is 1.50 bits per heavy atom. The van der Waals surface area contributed by atoms with E-state index in [4.69, 9.17) is 21.1 Å². The molecular formula is C16H19ClFN5O3. The molecule has 1 aromatic heterocycles. The Bertz CT molecular complexity index is 800. The predicted molar refractivity (Wildman–Crippen MR) is 90.4 cm³/mol. The molecule has 3 rings (SSSR count). The SMILES string of the molecule is COCCn1nnc(C2CN(C(=O)c3c(F)ccc(C)c3Cl)CCO2)n1. The topological polar surface area (TPSA) is 82.4 Å². The Hall–Kier alpha value is -2.10. The molecule has 8 nitrogen and oxygen atoms in total. The van der Waals surface area contributed by atoms with Gasteiger partial charge in [0.2, 0.25) is 5.82 Å². The summed E-state index contributed by atoms with van der Waals surface area (Å²) in [7, 11) is 1.58. The minimum absolute atomic E-state index is 0.121. The summed E-state index contributed by atoms with van der Waals surface area (Å²) in [4.78, 5) is 15.7. The first-order chi connectivity index (χ1) is 12.5. The second kappa shape index (κ2) is 8.07. The number of hydrogen-bond acceptors (Lipinski definition) is 6. The summed E-state index contributed by atoms with van der Waals surface area (Å²) >= 11 is 6.15. The van der Waals surface area contributed by atoms with Crippen molar-refractivity contribution in [2.24, 2.45) is 0 Å². The average Bonchev–Trinajstić information content (AvgIpc) is 3.12. The smallest absolute Gasteiger partial charge is 0.258 e. The van der Waals surface area contributed by atoms with E-state index in [0.717, 1.165) is 0 Å². The molecule has 0 aliphatic carbocycles. The molecule has 1 saturated heterocycles. The number of tetrazole rings is 1. The number of rotatable bonds is 5. The van der Waals surface area contributed by atoms with Gasteiger partial charge in [0.15, 0.2) is 0 Å². The van der Waals surface area contributed by atoms with Crippen molar-refractivity contribution in [3.63, 3.8) is 0 Å². The van der Waals surface area contributed by atoms with E-state index in [1.54, 1.807) is 20.1 Å². The molecule has 1 aliphatic rings. The van der Waals surface area contributed by atoms with Crippen LogP contribution in [0.25, 0.3) is 0 Å². The van der Waals surface area contributed by atoms with Crippen LogP contribution in [-0.2, 0) is 16.0 Å². The van der Waals surface area contributed by atoms with Gasteiger partial charge in [-0.25, -0.2) is 4.39 Å². The summed E-state index contributed by atoms with van der Waals surface area (Å²) in [5, 5.41) is 12.3. The van der Waals surface area contributed by atoms with Gasteiger partial charge in [0.05, 0.1) is 36.9 Å². The molecule has 140 valence electrons. The third-order valence-corrected chi connectivity index (χ3v) is 4.59. The van der Waals surface area contributed by atoms with Gasteiger partial charge >= 0.3 is 0 Å². The van der Waals surface area contributed by atoms with Crippen LogP contribution >= 0.6 is 11.6 Å². The van der Waals surface area contributed by atoms with Crippen LogP contribution in [0.4, 0.5) is 4.39 Å². The Balaban J connectivity index is 1.75. The molecule has 1 unspecified atom stereocenters. The fourth-order valence-electron chi connectivity index (χ4n) is 2.65. The number of carbonyl (C=O) groups excluding carboxylic acids is 1. The van der Waals surface area contributed by atoms with Crippen molar-refractivity contribution in [3.05, 3.63) is 39.9 Å². The van der Waals surface area contributed by atoms with Gasteiger partial charge in [-0.2, -0.15) is 4.80 Å². The number of carbonyl (C=O) groups is 1. The van der Waals surface area contributed by atoms with Crippen molar-refractivity contribution in [2.75, 3.05) is 33.4 Å². The number of hydrogen-bond donors (Lipinski definition) is 0. The highest BCUT2D eigenvalue weighted by Crippen LogP contribution is 2.27. The number of benzene rings is 1. The lowest BCUT2D eigenvalue weighted by atomic mass is 10.1. The fourth-order valence-corrected chi connectivity index (χ4v) is 2.89. The zero-order valence-electron chi connectivity index (χ0n) is 14.5. The predicted octanol–water partition coefficient (Wildman–Crippen LogP) is 1.63. The van der Waals surface area contributed by atoms with Gasteiger partial charge in [-0.3, -0.25) is 4.79 Å². The van der Waals surface area contributed by atoms with Crippen LogP contribution < -0.4 is 0 Å². The summed E-state index contributed by atoms with van der Waals surface area (Å²) < 4.78 is 24.8. The van der Waals surface area contributed by atoms with Gasteiger partial charge < -0.3 is 14.4 Å². The third-order valence-electron chi connectivity index (χ3n) is 4.10.